The van der Waals surface area contributed by atoms with Gasteiger partial charge in [-0.3, -0.25) is 9.59 Å². The van der Waals surface area contributed by atoms with Crippen molar-refractivity contribution in [2.45, 2.75) is 191 Å². The van der Waals surface area contributed by atoms with Gasteiger partial charge in [-0.1, -0.05) is 52.4 Å². The quantitative estimate of drug-likeness (QED) is 0.0873. The molecule has 4 aliphatic rings. The zero-order chi connectivity index (χ0) is 30.0. The summed E-state index contributed by atoms with van der Waals surface area (Å²) in [6.07, 6.45) is 25.0. The van der Waals surface area contributed by atoms with E-state index in [2.05, 4.69) is 27.9 Å². The number of carbonyl (C=O) groups excluding carboxylic acids is 2. The van der Waals surface area contributed by atoms with E-state index in [0.29, 0.717) is 37.0 Å². The number of quaternary nitrogens is 2. The molecular weight excluding hydrogens is 524 g/mol. The van der Waals surface area contributed by atoms with Gasteiger partial charge in [0.25, 0.3) is 0 Å². The molecule has 0 aromatic rings. The largest absolute Gasteiger partial charge is 0.462 e. The molecule has 0 spiro atoms. The van der Waals surface area contributed by atoms with Crippen molar-refractivity contribution in [3.8, 4) is 0 Å². The Balaban J connectivity index is 1.00. The first-order valence-electron chi connectivity index (χ1n) is 18.4. The molecule has 4 saturated heterocycles. The smallest absolute Gasteiger partial charge is 0.306 e. The lowest BCUT2D eigenvalue weighted by atomic mass is 9.96. The summed E-state index contributed by atoms with van der Waals surface area (Å²) in [7, 11) is 4.92. The van der Waals surface area contributed by atoms with Gasteiger partial charge in [-0.05, 0) is 38.5 Å². The van der Waals surface area contributed by atoms with Crippen molar-refractivity contribution in [2.24, 2.45) is 0 Å². The fraction of sp³-hybridized carbons (Fsp3) is 0.944. The topological polar surface area (TPSA) is 52.6 Å². The Hall–Kier alpha value is -1.14. The number of rotatable bonds is 19. The van der Waals surface area contributed by atoms with E-state index in [1.54, 1.807) is 0 Å². The van der Waals surface area contributed by atoms with Gasteiger partial charge in [-0.15, -0.1) is 0 Å². The number of nitrogens with zero attached hydrogens (tertiary/aromatic N) is 2. The molecule has 0 aromatic carbocycles. The normalized spacial score (nSPS) is 35.3. The Morgan fingerprint density at radius 1 is 0.524 bits per heavy atom. The Morgan fingerprint density at radius 3 is 1.19 bits per heavy atom. The van der Waals surface area contributed by atoms with E-state index in [4.69, 9.17) is 9.47 Å². The number of unbranched alkanes of at least 4 members (excludes halogenated alkanes) is 9. The fourth-order valence-corrected chi connectivity index (χ4v) is 9.45. The average molecular weight is 591 g/mol. The van der Waals surface area contributed by atoms with Crippen molar-refractivity contribution < 1.29 is 28.0 Å². The summed E-state index contributed by atoms with van der Waals surface area (Å²) in [6.45, 7) is 7.15. The first kappa shape index (κ1) is 33.7. The van der Waals surface area contributed by atoms with Crippen LogP contribution >= 0.6 is 0 Å². The Kier molecular flexibility index (Phi) is 13.1. The third-order valence-electron chi connectivity index (χ3n) is 12.2. The number of piperidine rings is 2. The van der Waals surface area contributed by atoms with Crippen LogP contribution in [-0.2, 0) is 19.1 Å². The molecule has 4 fully saturated rings. The van der Waals surface area contributed by atoms with Crippen LogP contribution in [0.3, 0.4) is 0 Å². The number of esters is 2. The number of fused-ring (bicyclic) bond motifs is 4. The van der Waals surface area contributed by atoms with Crippen LogP contribution in [-0.4, -0.2) is 84.5 Å². The predicted molar refractivity (Wildman–Crippen MR) is 170 cm³/mol. The minimum absolute atomic E-state index is 0.0143. The predicted octanol–water partition coefficient (Wildman–Crippen LogP) is 7.85. The maximum absolute atomic E-state index is 12.6. The second-order valence-electron chi connectivity index (χ2n) is 15.1. The number of carbonyl (C=O) groups is 2. The molecule has 4 aliphatic heterocycles. The van der Waals surface area contributed by atoms with Gasteiger partial charge < -0.3 is 18.4 Å². The Morgan fingerprint density at radius 2 is 0.857 bits per heavy atom. The van der Waals surface area contributed by atoms with Gasteiger partial charge in [0.05, 0.1) is 51.4 Å². The molecule has 0 saturated carbocycles. The van der Waals surface area contributed by atoms with Crippen LogP contribution in [0, 0.1) is 0 Å². The van der Waals surface area contributed by atoms with Crippen LogP contribution in [0.2, 0.25) is 0 Å². The lowest BCUT2D eigenvalue weighted by Crippen LogP contribution is -2.59. The molecular formula is C36H66N2O4+2. The fourth-order valence-electron chi connectivity index (χ4n) is 9.45. The van der Waals surface area contributed by atoms with Crippen molar-refractivity contribution in [1.29, 1.82) is 0 Å². The highest BCUT2D eigenvalue weighted by Crippen LogP contribution is 2.43. The van der Waals surface area contributed by atoms with Gasteiger partial charge in [0.1, 0.15) is 12.2 Å². The van der Waals surface area contributed by atoms with Crippen LogP contribution in [0.5, 0.6) is 0 Å². The van der Waals surface area contributed by atoms with Gasteiger partial charge in [0, 0.05) is 64.2 Å². The zero-order valence-electron chi connectivity index (χ0n) is 28.0. The molecule has 8 atom stereocenters. The zero-order valence-corrected chi connectivity index (χ0v) is 28.0. The van der Waals surface area contributed by atoms with Crippen LogP contribution in [0.1, 0.15) is 155 Å². The summed E-state index contributed by atoms with van der Waals surface area (Å²) in [5.41, 5.74) is 0. The van der Waals surface area contributed by atoms with E-state index in [1.807, 2.05) is 0 Å². The number of ether oxygens (including phenoxy) is 2. The van der Waals surface area contributed by atoms with Crippen LogP contribution < -0.4 is 0 Å². The summed E-state index contributed by atoms with van der Waals surface area (Å²) in [5.74, 6) is 0.0286. The first-order chi connectivity index (χ1) is 20.3. The highest BCUT2D eigenvalue weighted by atomic mass is 16.5. The molecule has 4 bridgehead atoms. The Labute approximate surface area is 258 Å². The van der Waals surface area contributed by atoms with E-state index in [1.165, 1.54) is 86.3 Å². The lowest BCUT2D eigenvalue weighted by molar-refractivity contribution is -0.949. The molecule has 4 rings (SSSR count). The van der Waals surface area contributed by atoms with Crippen molar-refractivity contribution in [3.05, 3.63) is 0 Å². The molecule has 0 amide bonds. The highest BCUT2D eigenvalue weighted by molar-refractivity contribution is 5.69. The SMILES string of the molecule is CCCCC[N+]1(C)[C@@H]2CC[C@H]1CC(OC(=O)CCCCCCCCC(=O)OC1C[C@H]3CC[C@@H](C1)[N+]3(C)CCCCC)C2. The minimum Gasteiger partial charge on any atom is -0.462 e. The number of hydrogen-bond acceptors (Lipinski definition) is 4. The standard InChI is InChI=1S/C36H66N2O4/c1-5-7-15-23-37(3)29-19-20-30(37)26-33(25-29)41-35(39)17-13-11-9-10-12-14-18-36(40)42-34-27-31-21-22-32(28-34)38(31,4)24-16-8-6-2/h29-34H,5-28H2,1-4H3/q+2/t29-,30+,31-,32+,33?,34?,37?,38?. The molecule has 0 radical (unpaired) electrons. The van der Waals surface area contributed by atoms with Gasteiger partial charge in [0.15, 0.2) is 0 Å². The molecule has 0 aliphatic carbocycles. The van der Waals surface area contributed by atoms with Gasteiger partial charge in [-0.25, -0.2) is 0 Å². The van der Waals surface area contributed by atoms with E-state index in [9.17, 15) is 9.59 Å². The van der Waals surface area contributed by atoms with Crippen molar-refractivity contribution in [1.82, 2.24) is 0 Å². The molecule has 0 N–H and O–H groups in total. The first-order valence-corrected chi connectivity index (χ1v) is 18.4. The van der Waals surface area contributed by atoms with Crippen molar-refractivity contribution >= 4 is 11.9 Å². The molecule has 0 aromatic heterocycles. The van der Waals surface area contributed by atoms with Crippen LogP contribution in [0.25, 0.3) is 0 Å². The summed E-state index contributed by atoms with van der Waals surface area (Å²) < 4.78 is 14.4. The van der Waals surface area contributed by atoms with Gasteiger partial charge in [0.2, 0.25) is 0 Å². The average Bonchev–Trinajstić information content (AvgIpc) is 3.20. The van der Waals surface area contributed by atoms with E-state index in [0.717, 1.165) is 64.2 Å². The molecule has 6 nitrogen and oxygen atoms in total. The van der Waals surface area contributed by atoms with Crippen LogP contribution in [0.4, 0.5) is 0 Å². The summed E-state index contributed by atoms with van der Waals surface area (Å²) in [6, 6.07) is 2.74. The second kappa shape index (κ2) is 16.3. The summed E-state index contributed by atoms with van der Waals surface area (Å²) in [4.78, 5) is 25.1. The molecule has 4 unspecified atom stereocenters. The number of hydrogen-bond donors (Lipinski definition) is 0. The third kappa shape index (κ3) is 8.73. The Bertz CT molecular complexity index is 750. The van der Waals surface area contributed by atoms with E-state index in [-0.39, 0.29) is 24.1 Å². The highest BCUT2D eigenvalue weighted by Gasteiger charge is 2.53. The molecule has 242 valence electrons. The lowest BCUT2D eigenvalue weighted by Gasteiger charge is -2.47. The van der Waals surface area contributed by atoms with Gasteiger partial charge >= 0.3 is 11.9 Å². The maximum Gasteiger partial charge on any atom is 0.306 e. The minimum atomic E-state index is 0.0143. The molecule has 4 heterocycles. The summed E-state index contributed by atoms with van der Waals surface area (Å²) >= 11 is 0. The summed E-state index contributed by atoms with van der Waals surface area (Å²) in [5, 5.41) is 0. The third-order valence-corrected chi connectivity index (χ3v) is 12.2. The van der Waals surface area contributed by atoms with E-state index >= 15 is 0 Å². The molecule has 6 heteroatoms. The monoisotopic (exact) mass is 591 g/mol. The van der Waals surface area contributed by atoms with Crippen molar-refractivity contribution in [2.75, 3.05) is 27.2 Å². The van der Waals surface area contributed by atoms with Gasteiger partial charge in [-0.2, -0.15) is 0 Å². The van der Waals surface area contributed by atoms with Crippen molar-refractivity contribution in [3.63, 3.8) is 0 Å². The molecule has 42 heavy (non-hydrogen) atoms. The van der Waals surface area contributed by atoms with E-state index < -0.39 is 0 Å². The van der Waals surface area contributed by atoms with Crippen LogP contribution in [0.15, 0.2) is 0 Å². The second-order valence-corrected chi connectivity index (χ2v) is 15.1. The maximum atomic E-state index is 12.6.